The maximum Gasteiger partial charge on any atom is 0.134 e. The molecule has 1 aliphatic rings. The lowest BCUT2D eigenvalue weighted by Crippen LogP contribution is -2.35. The number of nitrogens with one attached hydrogen (secondary N) is 1. The van der Waals surface area contributed by atoms with E-state index in [0.717, 1.165) is 49.6 Å². The second-order valence-electron chi connectivity index (χ2n) is 7.51. The molecule has 0 atom stereocenters. The van der Waals surface area contributed by atoms with Gasteiger partial charge in [-0.05, 0) is 51.8 Å². The van der Waals surface area contributed by atoms with Gasteiger partial charge in [0.05, 0.1) is 0 Å². The maximum atomic E-state index is 4.67. The van der Waals surface area contributed by atoms with Crippen LogP contribution in [0.25, 0.3) is 0 Å². The highest BCUT2D eigenvalue weighted by Gasteiger charge is 2.21. The minimum absolute atomic E-state index is 0.772. The zero-order valence-corrected chi connectivity index (χ0v) is 16.3. The van der Waals surface area contributed by atoms with Crippen LogP contribution in [-0.4, -0.2) is 55.1 Å². The molecule has 0 saturated carbocycles. The minimum Gasteiger partial charge on any atom is -0.369 e. The molecule has 1 N–H and O–H groups in total. The molecule has 1 aromatic carbocycles. The highest BCUT2D eigenvalue weighted by Crippen LogP contribution is 2.25. The van der Waals surface area contributed by atoms with Crippen molar-refractivity contribution in [1.82, 2.24) is 14.9 Å². The monoisotopic (exact) mass is 353 g/mol. The van der Waals surface area contributed by atoms with Gasteiger partial charge in [0.2, 0.25) is 0 Å². The fourth-order valence-corrected chi connectivity index (χ4v) is 3.53. The highest BCUT2D eigenvalue weighted by molar-refractivity contribution is 5.49. The summed E-state index contributed by atoms with van der Waals surface area (Å²) >= 11 is 0. The van der Waals surface area contributed by atoms with E-state index >= 15 is 0 Å². The van der Waals surface area contributed by atoms with Crippen LogP contribution in [0, 0.1) is 12.8 Å². The standard InChI is InChI=1S/C21H31N5/c1-17-23-20(22-11-14-25(2)3)16-21(24-17)26-12-9-19(10-13-26)15-18-7-5-4-6-8-18/h4-8,16,19H,9-15H2,1-3H3,(H,22,23,24). The molecular formula is C21H31N5. The van der Waals surface area contributed by atoms with Gasteiger partial charge in [-0.2, -0.15) is 0 Å². The molecule has 1 saturated heterocycles. The molecule has 5 nitrogen and oxygen atoms in total. The van der Waals surface area contributed by atoms with E-state index in [4.69, 9.17) is 0 Å². The number of nitrogens with zero attached hydrogens (tertiary/aromatic N) is 4. The summed E-state index contributed by atoms with van der Waals surface area (Å²) in [5.41, 5.74) is 1.45. The summed E-state index contributed by atoms with van der Waals surface area (Å²) in [4.78, 5) is 13.8. The Hall–Kier alpha value is -2.14. The van der Waals surface area contributed by atoms with Crippen molar-refractivity contribution in [3.8, 4) is 0 Å². The zero-order valence-electron chi connectivity index (χ0n) is 16.3. The molecule has 0 spiro atoms. The zero-order chi connectivity index (χ0) is 18.4. The topological polar surface area (TPSA) is 44.3 Å². The molecule has 0 aliphatic carbocycles. The first-order chi connectivity index (χ1) is 12.6. The van der Waals surface area contributed by atoms with Crippen LogP contribution in [0.4, 0.5) is 11.6 Å². The maximum absolute atomic E-state index is 4.67. The number of rotatable bonds is 7. The fraction of sp³-hybridized carbons (Fsp3) is 0.524. The molecule has 2 heterocycles. The summed E-state index contributed by atoms with van der Waals surface area (Å²) < 4.78 is 0. The van der Waals surface area contributed by atoms with Gasteiger partial charge in [0.1, 0.15) is 17.5 Å². The van der Waals surface area contributed by atoms with Crippen molar-refractivity contribution in [2.45, 2.75) is 26.2 Å². The van der Waals surface area contributed by atoms with Gasteiger partial charge in [0, 0.05) is 32.2 Å². The molecule has 3 rings (SSSR count). The first kappa shape index (κ1) is 18.6. The van der Waals surface area contributed by atoms with Crippen molar-refractivity contribution in [3.63, 3.8) is 0 Å². The van der Waals surface area contributed by atoms with Crippen LogP contribution in [0.5, 0.6) is 0 Å². The number of hydrogen-bond acceptors (Lipinski definition) is 5. The van der Waals surface area contributed by atoms with E-state index in [1.165, 1.54) is 24.8 Å². The van der Waals surface area contributed by atoms with Gasteiger partial charge in [-0.1, -0.05) is 30.3 Å². The number of benzene rings is 1. The quantitative estimate of drug-likeness (QED) is 0.828. The summed E-state index contributed by atoms with van der Waals surface area (Å²) in [5.74, 6) is 3.60. The van der Waals surface area contributed by atoms with E-state index in [2.05, 4.69) is 75.6 Å². The van der Waals surface area contributed by atoms with Crippen LogP contribution in [0.15, 0.2) is 36.4 Å². The van der Waals surface area contributed by atoms with Crippen molar-refractivity contribution in [3.05, 3.63) is 47.8 Å². The molecule has 2 aromatic rings. The lowest BCUT2D eigenvalue weighted by atomic mass is 9.90. The Morgan fingerprint density at radius 1 is 1.12 bits per heavy atom. The lowest BCUT2D eigenvalue weighted by molar-refractivity contribution is 0.402. The van der Waals surface area contributed by atoms with Gasteiger partial charge >= 0.3 is 0 Å². The Balaban J connectivity index is 1.56. The van der Waals surface area contributed by atoms with Crippen molar-refractivity contribution < 1.29 is 0 Å². The summed E-state index contributed by atoms with van der Waals surface area (Å²) in [6.07, 6.45) is 3.64. The van der Waals surface area contributed by atoms with Crippen LogP contribution >= 0.6 is 0 Å². The third-order valence-electron chi connectivity index (χ3n) is 5.00. The molecule has 26 heavy (non-hydrogen) atoms. The van der Waals surface area contributed by atoms with E-state index < -0.39 is 0 Å². The third kappa shape index (κ3) is 5.43. The van der Waals surface area contributed by atoms with Crippen molar-refractivity contribution in [2.24, 2.45) is 5.92 Å². The molecular weight excluding hydrogens is 322 g/mol. The van der Waals surface area contributed by atoms with Crippen LogP contribution in [0.1, 0.15) is 24.2 Å². The van der Waals surface area contributed by atoms with E-state index in [0.29, 0.717) is 0 Å². The molecule has 0 unspecified atom stereocenters. The van der Waals surface area contributed by atoms with Crippen LogP contribution < -0.4 is 10.2 Å². The van der Waals surface area contributed by atoms with Gasteiger partial charge in [0.25, 0.3) is 0 Å². The first-order valence-electron chi connectivity index (χ1n) is 9.63. The Kier molecular flexibility index (Phi) is 6.45. The molecule has 0 bridgehead atoms. The predicted octanol–water partition coefficient (Wildman–Crippen LogP) is 3.22. The summed E-state index contributed by atoms with van der Waals surface area (Å²) in [6.45, 7) is 6.00. The van der Waals surface area contributed by atoms with E-state index in [1.54, 1.807) is 0 Å². The molecule has 1 fully saturated rings. The fourth-order valence-electron chi connectivity index (χ4n) is 3.53. The van der Waals surface area contributed by atoms with Crippen molar-refractivity contribution in [2.75, 3.05) is 50.5 Å². The number of anilines is 2. The number of aromatic nitrogens is 2. The Morgan fingerprint density at radius 3 is 2.54 bits per heavy atom. The summed E-state index contributed by atoms with van der Waals surface area (Å²) in [6, 6.07) is 12.9. The highest BCUT2D eigenvalue weighted by atomic mass is 15.2. The summed E-state index contributed by atoms with van der Waals surface area (Å²) in [7, 11) is 4.16. The lowest BCUT2D eigenvalue weighted by Gasteiger charge is -2.33. The Labute approximate surface area is 157 Å². The normalized spacial score (nSPS) is 15.5. The van der Waals surface area contributed by atoms with Gasteiger partial charge in [-0.15, -0.1) is 0 Å². The van der Waals surface area contributed by atoms with E-state index in [1.807, 2.05) is 6.92 Å². The van der Waals surface area contributed by atoms with Crippen LogP contribution in [0.3, 0.4) is 0 Å². The van der Waals surface area contributed by atoms with Gasteiger partial charge in [-0.3, -0.25) is 0 Å². The molecule has 0 amide bonds. The smallest absolute Gasteiger partial charge is 0.134 e. The second kappa shape index (κ2) is 8.99. The molecule has 0 radical (unpaired) electrons. The van der Waals surface area contributed by atoms with E-state index in [9.17, 15) is 0 Å². The van der Waals surface area contributed by atoms with Gasteiger partial charge in [0.15, 0.2) is 0 Å². The van der Waals surface area contributed by atoms with Crippen LogP contribution in [-0.2, 0) is 6.42 Å². The molecule has 140 valence electrons. The Bertz CT molecular complexity index is 678. The predicted molar refractivity (Wildman–Crippen MR) is 109 cm³/mol. The Morgan fingerprint density at radius 2 is 1.85 bits per heavy atom. The number of likely N-dealkylation sites (N-methyl/N-ethyl adjacent to an activating group) is 1. The summed E-state index contributed by atoms with van der Waals surface area (Å²) in [5, 5.41) is 3.42. The number of aryl methyl sites for hydroxylation is 1. The largest absolute Gasteiger partial charge is 0.369 e. The van der Waals surface area contributed by atoms with Crippen molar-refractivity contribution in [1.29, 1.82) is 0 Å². The molecule has 5 heteroatoms. The number of hydrogen-bond donors (Lipinski definition) is 1. The van der Waals surface area contributed by atoms with Gasteiger partial charge in [-0.25, -0.2) is 9.97 Å². The average molecular weight is 354 g/mol. The third-order valence-corrected chi connectivity index (χ3v) is 5.00. The number of piperidine rings is 1. The SMILES string of the molecule is Cc1nc(NCCN(C)C)cc(N2CCC(Cc3ccccc3)CC2)n1. The minimum atomic E-state index is 0.772. The molecule has 1 aliphatic heterocycles. The van der Waals surface area contributed by atoms with Crippen LogP contribution in [0.2, 0.25) is 0 Å². The van der Waals surface area contributed by atoms with Crippen molar-refractivity contribution >= 4 is 11.6 Å². The molecule has 1 aromatic heterocycles. The average Bonchev–Trinajstić information content (AvgIpc) is 2.62. The first-order valence-corrected chi connectivity index (χ1v) is 9.63. The second-order valence-corrected chi connectivity index (χ2v) is 7.51. The van der Waals surface area contributed by atoms with Gasteiger partial charge < -0.3 is 15.1 Å². The van der Waals surface area contributed by atoms with E-state index in [-0.39, 0.29) is 0 Å².